The standard InChI is InChI=1S/C24H30Cl2N2O3/c1-6-22(24(30)27-15(2)3)28(13-18-8-9-19(25)12-21(18)26)23(29)14-31-20-10-7-16(4)17(5)11-20/h7-12,15,22H,6,13-14H2,1-5H3,(H,27,30). The van der Waals surface area contributed by atoms with Gasteiger partial charge in [0.15, 0.2) is 6.61 Å². The summed E-state index contributed by atoms with van der Waals surface area (Å²) in [5, 5.41) is 3.85. The average molecular weight is 465 g/mol. The summed E-state index contributed by atoms with van der Waals surface area (Å²) >= 11 is 12.3. The predicted molar refractivity (Wildman–Crippen MR) is 126 cm³/mol. The molecule has 0 aromatic heterocycles. The van der Waals surface area contributed by atoms with Gasteiger partial charge in [0.2, 0.25) is 5.91 Å². The summed E-state index contributed by atoms with van der Waals surface area (Å²) in [5.41, 5.74) is 2.94. The fraction of sp³-hybridized carbons (Fsp3) is 0.417. The number of aryl methyl sites for hydroxylation is 2. The number of ether oxygens (including phenoxy) is 1. The molecule has 0 bridgehead atoms. The van der Waals surface area contributed by atoms with Crippen molar-refractivity contribution < 1.29 is 14.3 Å². The van der Waals surface area contributed by atoms with E-state index < -0.39 is 6.04 Å². The van der Waals surface area contributed by atoms with Crippen LogP contribution < -0.4 is 10.1 Å². The van der Waals surface area contributed by atoms with Crippen molar-refractivity contribution in [3.05, 3.63) is 63.1 Å². The Morgan fingerprint density at radius 2 is 1.77 bits per heavy atom. The minimum Gasteiger partial charge on any atom is -0.484 e. The van der Waals surface area contributed by atoms with Gasteiger partial charge in [-0.05, 0) is 75.1 Å². The fourth-order valence-electron chi connectivity index (χ4n) is 3.17. The van der Waals surface area contributed by atoms with E-state index in [0.29, 0.717) is 27.8 Å². The zero-order valence-corrected chi connectivity index (χ0v) is 20.2. The smallest absolute Gasteiger partial charge is 0.261 e. The van der Waals surface area contributed by atoms with Crippen LogP contribution in [0.4, 0.5) is 0 Å². The molecule has 1 N–H and O–H groups in total. The van der Waals surface area contributed by atoms with Crippen molar-refractivity contribution in [2.75, 3.05) is 6.61 Å². The Morgan fingerprint density at radius 3 is 2.35 bits per heavy atom. The molecule has 2 rings (SSSR count). The molecule has 7 heteroatoms. The minimum atomic E-state index is -0.648. The van der Waals surface area contributed by atoms with Crippen LogP contribution in [0.15, 0.2) is 36.4 Å². The summed E-state index contributed by atoms with van der Waals surface area (Å²) in [6.07, 6.45) is 0.457. The highest BCUT2D eigenvalue weighted by molar-refractivity contribution is 6.35. The van der Waals surface area contributed by atoms with E-state index in [1.54, 1.807) is 18.2 Å². The number of carbonyl (C=O) groups is 2. The number of halogens is 2. The van der Waals surface area contributed by atoms with Crippen LogP contribution in [0, 0.1) is 13.8 Å². The lowest BCUT2D eigenvalue weighted by molar-refractivity contribution is -0.143. The number of hydrogen-bond acceptors (Lipinski definition) is 3. The molecule has 0 spiro atoms. The van der Waals surface area contributed by atoms with E-state index in [4.69, 9.17) is 27.9 Å². The van der Waals surface area contributed by atoms with Crippen LogP contribution in [-0.2, 0) is 16.1 Å². The number of hydrogen-bond donors (Lipinski definition) is 1. The number of benzene rings is 2. The Labute approximate surface area is 194 Å². The predicted octanol–water partition coefficient (Wildman–Crippen LogP) is 5.32. The van der Waals surface area contributed by atoms with Crippen LogP contribution >= 0.6 is 23.2 Å². The molecule has 0 saturated heterocycles. The first-order valence-electron chi connectivity index (χ1n) is 10.4. The largest absolute Gasteiger partial charge is 0.484 e. The van der Waals surface area contributed by atoms with E-state index in [9.17, 15) is 9.59 Å². The van der Waals surface area contributed by atoms with Crippen LogP contribution in [0.1, 0.15) is 43.9 Å². The van der Waals surface area contributed by atoms with Gasteiger partial charge < -0.3 is 15.0 Å². The maximum absolute atomic E-state index is 13.2. The lowest BCUT2D eigenvalue weighted by Crippen LogP contribution is -2.51. The molecule has 0 aliphatic heterocycles. The van der Waals surface area contributed by atoms with Gasteiger partial charge in [-0.2, -0.15) is 0 Å². The Hall–Kier alpha value is -2.24. The fourth-order valence-corrected chi connectivity index (χ4v) is 3.63. The number of carbonyl (C=O) groups excluding carboxylic acids is 2. The van der Waals surface area contributed by atoms with Crippen molar-refractivity contribution in [2.45, 2.75) is 59.7 Å². The van der Waals surface area contributed by atoms with Crippen molar-refractivity contribution in [3.63, 3.8) is 0 Å². The van der Waals surface area contributed by atoms with E-state index in [1.165, 1.54) is 4.90 Å². The summed E-state index contributed by atoms with van der Waals surface area (Å²) in [6, 6.07) is 10.1. The number of rotatable bonds is 9. The van der Waals surface area contributed by atoms with Gasteiger partial charge in [0, 0.05) is 22.6 Å². The highest BCUT2D eigenvalue weighted by Crippen LogP contribution is 2.24. The molecule has 2 aromatic rings. The molecule has 1 atom stereocenters. The maximum Gasteiger partial charge on any atom is 0.261 e. The average Bonchev–Trinajstić information content (AvgIpc) is 2.69. The van der Waals surface area contributed by atoms with Gasteiger partial charge in [0.1, 0.15) is 11.8 Å². The van der Waals surface area contributed by atoms with E-state index in [2.05, 4.69) is 5.32 Å². The van der Waals surface area contributed by atoms with Crippen molar-refractivity contribution in [1.29, 1.82) is 0 Å². The minimum absolute atomic E-state index is 0.0376. The first-order chi connectivity index (χ1) is 14.6. The molecule has 0 heterocycles. The molecule has 0 saturated carbocycles. The number of nitrogens with one attached hydrogen (secondary N) is 1. The first kappa shape index (κ1) is 25.0. The third-order valence-corrected chi connectivity index (χ3v) is 5.60. The Bertz CT molecular complexity index is 931. The molecule has 2 amide bonds. The van der Waals surface area contributed by atoms with Gasteiger partial charge in [0.05, 0.1) is 0 Å². The van der Waals surface area contributed by atoms with E-state index >= 15 is 0 Å². The number of nitrogens with zero attached hydrogens (tertiary/aromatic N) is 1. The van der Waals surface area contributed by atoms with Gasteiger partial charge in [-0.1, -0.05) is 42.3 Å². The quantitative estimate of drug-likeness (QED) is 0.545. The third kappa shape index (κ3) is 7.15. The molecule has 2 aromatic carbocycles. The van der Waals surface area contributed by atoms with Gasteiger partial charge >= 0.3 is 0 Å². The molecule has 0 aliphatic rings. The van der Waals surface area contributed by atoms with Crippen LogP contribution in [-0.4, -0.2) is 35.4 Å². The Balaban J connectivity index is 2.26. The summed E-state index contributed by atoms with van der Waals surface area (Å²) in [4.78, 5) is 27.5. The van der Waals surface area contributed by atoms with Gasteiger partial charge in [-0.15, -0.1) is 0 Å². The molecule has 31 heavy (non-hydrogen) atoms. The summed E-state index contributed by atoms with van der Waals surface area (Å²) < 4.78 is 5.75. The van der Waals surface area contributed by atoms with Gasteiger partial charge in [0.25, 0.3) is 5.91 Å². The maximum atomic E-state index is 13.2. The lowest BCUT2D eigenvalue weighted by Gasteiger charge is -2.31. The molecule has 168 valence electrons. The van der Waals surface area contributed by atoms with Crippen molar-refractivity contribution in [2.24, 2.45) is 0 Å². The first-order valence-corrected chi connectivity index (χ1v) is 11.1. The second-order valence-corrected chi connectivity index (χ2v) is 8.72. The van der Waals surface area contributed by atoms with Crippen LogP contribution in [0.3, 0.4) is 0 Å². The van der Waals surface area contributed by atoms with Gasteiger partial charge in [-0.25, -0.2) is 0 Å². The summed E-state index contributed by atoms with van der Waals surface area (Å²) in [7, 11) is 0. The van der Waals surface area contributed by atoms with Crippen molar-refractivity contribution >= 4 is 35.0 Å². The molecule has 0 radical (unpaired) electrons. The van der Waals surface area contributed by atoms with E-state index in [-0.39, 0.29) is 31.0 Å². The van der Waals surface area contributed by atoms with Gasteiger partial charge in [-0.3, -0.25) is 9.59 Å². The highest BCUT2D eigenvalue weighted by atomic mass is 35.5. The number of amides is 2. The normalized spacial score (nSPS) is 11.9. The Kier molecular flexibility index (Phi) is 9.20. The SMILES string of the molecule is CCC(C(=O)NC(C)C)N(Cc1ccc(Cl)cc1Cl)C(=O)COc1ccc(C)c(C)c1. The molecular weight excluding hydrogens is 435 g/mol. The van der Waals surface area contributed by atoms with Crippen LogP contribution in [0.2, 0.25) is 10.0 Å². The summed E-state index contributed by atoms with van der Waals surface area (Å²) in [6.45, 7) is 9.64. The molecular formula is C24H30Cl2N2O3. The molecule has 5 nitrogen and oxygen atoms in total. The van der Waals surface area contributed by atoms with Crippen LogP contribution in [0.25, 0.3) is 0 Å². The topological polar surface area (TPSA) is 58.6 Å². The highest BCUT2D eigenvalue weighted by Gasteiger charge is 2.29. The molecule has 1 unspecified atom stereocenters. The zero-order valence-electron chi connectivity index (χ0n) is 18.7. The molecule has 0 aliphatic carbocycles. The van der Waals surface area contributed by atoms with E-state index in [1.807, 2.05) is 52.8 Å². The van der Waals surface area contributed by atoms with E-state index in [0.717, 1.165) is 11.1 Å². The zero-order chi connectivity index (χ0) is 23.1. The Morgan fingerprint density at radius 1 is 1.06 bits per heavy atom. The lowest BCUT2D eigenvalue weighted by atomic mass is 10.1. The van der Waals surface area contributed by atoms with Crippen molar-refractivity contribution in [3.8, 4) is 5.75 Å². The summed E-state index contributed by atoms with van der Waals surface area (Å²) in [5.74, 6) is 0.109. The van der Waals surface area contributed by atoms with Crippen molar-refractivity contribution in [1.82, 2.24) is 10.2 Å². The second kappa shape index (κ2) is 11.4. The monoisotopic (exact) mass is 464 g/mol. The molecule has 0 fully saturated rings. The van der Waals surface area contributed by atoms with Crippen LogP contribution in [0.5, 0.6) is 5.75 Å². The second-order valence-electron chi connectivity index (χ2n) is 7.88. The third-order valence-electron chi connectivity index (χ3n) is 5.01.